The van der Waals surface area contributed by atoms with Crippen molar-refractivity contribution in [3.05, 3.63) is 64.7 Å². The maximum absolute atomic E-state index is 13.0. The highest BCUT2D eigenvalue weighted by Gasteiger charge is 2.17. The maximum Gasteiger partial charge on any atom is 0.265 e. The van der Waals surface area contributed by atoms with Crippen molar-refractivity contribution >= 4 is 16.8 Å². The first-order valence-electron chi connectivity index (χ1n) is 9.63. The third kappa shape index (κ3) is 3.50. The molecule has 3 aromatic rings. The summed E-state index contributed by atoms with van der Waals surface area (Å²) >= 11 is 0. The molecule has 1 heterocycles. The molecule has 2 aromatic carbocycles. The van der Waals surface area contributed by atoms with Gasteiger partial charge >= 0.3 is 0 Å². The molecule has 1 aliphatic rings. The minimum Gasteiger partial charge on any atom is -0.495 e. The number of aromatic nitrogens is 2. The van der Waals surface area contributed by atoms with Crippen LogP contribution in [-0.2, 0) is 0 Å². The number of nitrogens with one attached hydrogen (secondary N) is 1. The van der Waals surface area contributed by atoms with E-state index in [9.17, 15) is 9.59 Å². The molecular formula is C22H23N3O3. The Labute approximate surface area is 163 Å². The van der Waals surface area contributed by atoms with Crippen LogP contribution in [0.25, 0.3) is 16.6 Å². The summed E-state index contributed by atoms with van der Waals surface area (Å²) in [4.78, 5) is 29.9. The van der Waals surface area contributed by atoms with Crippen LogP contribution in [0.4, 0.5) is 0 Å². The lowest BCUT2D eigenvalue weighted by Gasteiger charge is -2.22. The lowest BCUT2D eigenvalue weighted by molar-refractivity contribution is 0.0928. The molecule has 28 heavy (non-hydrogen) atoms. The fraction of sp³-hybridized carbons (Fsp3) is 0.318. The first-order chi connectivity index (χ1) is 13.7. The molecule has 1 N–H and O–H groups in total. The standard InChI is InChI=1S/C22H23N3O3/c1-28-20-10-6-5-9-19(20)25-14-23-18-13-15(11-12-17(18)22(25)27)21(26)24-16-7-3-2-4-8-16/h5-6,9-14,16H,2-4,7-8H2,1H3,(H,24,26). The molecule has 0 saturated heterocycles. The van der Waals surface area contributed by atoms with E-state index in [2.05, 4.69) is 10.3 Å². The Balaban J connectivity index is 1.66. The Kier molecular flexibility index (Phi) is 5.10. The number of nitrogens with zero attached hydrogens (tertiary/aromatic N) is 2. The monoisotopic (exact) mass is 377 g/mol. The number of methoxy groups -OCH3 is 1. The molecule has 6 heteroatoms. The quantitative estimate of drug-likeness (QED) is 0.756. The first kappa shape index (κ1) is 18.2. The van der Waals surface area contributed by atoms with Gasteiger partial charge in [-0.1, -0.05) is 31.4 Å². The van der Waals surface area contributed by atoms with Crippen molar-refractivity contribution in [1.29, 1.82) is 0 Å². The number of hydrogen-bond acceptors (Lipinski definition) is 4. The van der Waals surface area contributed by atoms with E-state index in [1.807, 2.05) is 12.1 Å². The molecule has 0 unspecified atom stereocenters. The van der Waals surface area contributed by atoms with Crippen LogP contribution in [0.15, 0.2) is 53.6 Å². The van der Waals surface area contributed by atoms with Gasteiger partial charge in [0.2, 0.25) is 0 Å². The van der Waals surface area contributed by atoms with Crippen molar-refractivity contribution in [2.24, 2.45) is 0 Å². The number of benzene rings is 2. The lowest BCUT2D eigenvalue weighted by Crippen LogP contribution is -2.36. The average Bonchev–Trinajstić information content (AvgIpc) is 2.74. The number of ether oxygens (including phenoxy) is 1. The predicted octanol–water partition coefficient (Wildman–Crippen LogP) is 3.46. The lowest BCUT2D eigenvalue weighted by atomic mass is 9.95. The van der Waals surface area contributed by atoms with Gasteiger partial charge in [0.15, 0.2) is 0 Å². The fourth-order valence-corrected chi connectivity index (χ4v) is 3.78. The van der Waals surface area contributed by atoms with Gasteiger partial charge < -0.3 is 10.1 Å². The predicted molar refractivity (Wildman–Crippen MR) is 108 cm³/mol. The normalized spacial score (nSPS) is 14.8. The molecule has 0 bridgehead atoms. The molecule has 0 spiro atoms. The number of hydrogen-bond donors (Lipinski definition) is 1. The second-order valence-electron chi connectivity index (χ2n) is 7.13. The van der Waals surface area contributed by atoms with Gasteiger partial charge in [-0.2, -0.15) is 0 Å². The largest absolute Gasteiger partial charge is 0.495 e. The Morgan fingerprint density at radius 1 is 1.14 bits per heavy atom. The molecule has 1 fully saturated rings. The SMILES string of the molecule is COc1ccccc1-n1cnc2cc(C(=O)NC3CCCCC3)ccc2c1=O. The number of carbonyl (C=O) groups excluding carboxylic acids is 1. The molecule has 144 valence electrons. The summed E-state index contributed by atoms with van der Waals surface area (Å²) < 4.78 is 6.81. The number of amides is 1. The number of para-hydroxylation sites is 2. The molecule has 6 nitrogen and oxygen atoms in total. The van der Waals surface area contributed by atoms with Gasteiger partial charge in [-0.15, -0.1) is 0 Å². The van der Waals surface area contributed by atoms with Crippen LogP contribution in [0.3, 0.4) is 0 Å². The van der Waals surface area contributed by atoms with Gasteiger partial charge in [0, 0.05) is 11.6 Å². The van der Waals surface area contributed by atoms with Gasteiger partial charge in [-0.25, -0.2) is 4.98 Å². The van der Waals surface area contributed by atoms with E-state index in [0.29, 0.717) is 27.9 Å². The summed E-state index contributed by atoms with van der Waals surface area (Å²) in [6, 6.07) is 12.6. The molecule has 1 amide bonds. The molecule has 0 aliphatic heterocycles. The van der Waals surface area contributed by atoms with Gasteiger partial charge in [0.05, 0.1) is 23.7 Å². The Morgan fingerprint density at radius 3 is 2.71 bits per heavy atom. The molecule has 4 rings (SSSR count). The Hall–Kier alpha value is -3.15. The maximum atomic E-state index is 13.0. The third-order valence-corrected chi connectivity index (χ3v) is 5.31. The smallest absolute Gasteiger partial charge is 0.265 e. The summed E-state index contributed by atoms with van der Waals surface area (Å²) in [6.07, 6.45) is 7.10. The van der Waals surface area contributed by atoms with Crippen LogP contribution in [-0.4, -0.2) is 28.6 Å². The average molecular weight is 377 g/mol. The van der Waals surface area contributed by atoms with Gasteiger partial charge in [0.25, 0.3) is 11.5 Å². The van der Waals surface area contributed by atoms with Gasteiger partial charge in [-0.05, 0) is 43.2 Å². The minimum atomic E-state index is -0.200. The second kappa shape index (κ2) is 7.84. The molecule has 1 aromatic heterocycles. The van der Waals surface area contributed by atoms with Crippen molar-refractivity contribution in [2.75, 3.05) is 7.11 Å². The molecular weight excluding hydrogens is 354 g/mol. The van der Waals surface area contributed by atoms with Crippen molar-refractivity contribution in [3.63, 3.8) is 0 Å². The number of rotatable bonds is 4. The van der Waals surface area contributed by atoms with Crippen LogP contribution in [0, 0.1) is 0 Å². The fourth-order valence-electron chi connectivity index (χ4n) is 3.78. The van der Waals surface area contributed by atoms with Crippen LogP contribution >= 0.6 is 0 Å². The summed E-state index contributed by atoms with van der Waals surface area (Å²) in [5.41, 5.74) is 1.46. The van der Waals surface area contributed by atoms with Crippen molar-refractivity contribution < 1.29 is 9.53 Å². The summed E-state index contributed by atoms with van der Waals surface area (Å²) in [7, 11) is 1.57. The van der Waals surface area contributed by atoms with Crippen LogP contribution < -0.4 is 15.6 Å². The molecule has 0 radical (unpaired) electrons. The zero-order chi connectivity index (χ0) is 19.5. The molecule has 0 atom stereocenters. The van der Waals surface area contributed by atoms with E-state index in [-0.39, 0.29) is 17.5 Å². The zero-order valence-electron chi connectivity index (χ0n) is 15.9. The van der Waals surface area contributed by atoms with Crippen LogP contribution in [0.5, 0.6) is 5.75 Å². The van der Waals surface area contributed by atoms with E-state index >= 15 is 0 Å². The van der Waals surface area contributed by atoms with E-state index in [0.717, 1.165) is 25.7 Å². The van der Waals surface area contributed by atoms with Crippen molar-refractivity contribution in [3.8, 4) is 11.4 Å². The first-order valence-corrected chi connectivity index (χ1v) is 9.63. The number of carbonyl (C=O) groups is 1. The highest BCUT2D eigenvalue weighted by atomic mass is 16.5. The van der Waals surface area contributed by atoms with E-state index in [1.165, 1.54) is 17.3 Å². The topological polar surface area (TPSA) is 73.2 Å². The van der Waals surface area contributed by atoms with Crippen LogP contribution in [0.1, 0.15) is 42.5 Å². The van der Waals surface area contributed by atoms with Crippen molar-refractivity contribution in [2.45, 2.75) is 38.1 Å². The highest BCUT2D eigenvalue weighted by molar-refractivity contribution is 5.97. The third-order valence-electron chi connectivity index (χ3n) is 5.31. The minimum absolute atomic E-state index is 0.107. The van der Waals surface area contributed by atoms with Gasteiger partial charge in [0.1, 0.15) is 12.1 Å². The molecule has 1 saturated carbocycles. The summed E-state index contributed by atoms with van der Waals surface area (Å²) in [5.74, 6) is 0.485. The summed E-state index contributed by atoms with van der Waals surface area (Å²) in [5, 5.41) is 3.56. The molecule has 1 aliphatic carbocycles. The Morgan fingerprint density at radius 2 is 1.93 bits per heavy atom. The zero-order valence-corrected chi connectivity index (χ0v) is 15.9. The highest BCUT2D eigenvalue weighted by Crippen LogP contribution is 2.22. The van der Waals surface area contributed by atoms with Gasteiger partial charge in [-0.3, -0.25) is 14.2 Å². The van der Waals surface area contributed by atoms with E-state index < -0.39 is 0 Å². The number of fused-ring (bicyclic) bond motifs is 1. The van der Waals surface area contributed by atoms with E-state index in [1.54, 1.807) is 37.4 Å². The van der Waals surface area contributed by atoms with Crippen LogP contribution in [0.2, 0.25) is 0 Å². The van der Waals surface area contributed by atoms with Crippen molar-refractivity contribution in [1.82, 2.24) is 14.9 Å². The summed E-state index contributed by atoms with van der Waals surface area (Å²) in [6.45, 7) is 0. The second-order valence-corrected chi connectivity index (χ2v) is 7.13. The Bertz CT molecular complexity index is 1070. The van der Waals surface area contributed by atoms with E-state index in [4.69, 9.17) is 4.74 Å².